The summed E-state index contributed by atoms with van der Waals surface area (Å²) < 4.78 is 26.6. The number of nitrogens with one attached hydrogen (secondary N) is 1. The molecule has 0 atom stereocenters. The molecule has 0 aliphatic heterocycles. The average molecular weight is 270 g/mol. The van der Waals surface area contributed by atoms with Crippen LogP contribution in [0.2, 0.25) is 0 Å². The van der Waals surface area contributed by atoms with E-state index in [4.69, 9.17) is 5.73 Å². The van der Waals surface area contributed by atoms with E-state index in [1.807, 2.05) is 32.0 Å². The van der Waals surface area contributed by atoms with Crippen molar-refractivity contribution in [3.63, 3.8) is 0 Å². The highest BCUT2D eigenvalue weighted by molar-refractivity contribution is 7.92. The fraction of sp³-hybridized carbons (Fsp3) is 0.538. The van der Waals surface area contributed by atoms with E-state index in [1.54, 1.807) is 0 Å². The topological polar surface area (TPSA) is 72.2 Å². The largest absolute Gasteiger partial charge is 0.330 e. The first-order chi connectivity index (χ1) is 8.54. The first-order valence-corrected chi connectivity index (χ1v) is 8.00. The van der Waals surface area contributed by atoms with Crippen molar-refractivity contribution in [1.29, 1.82) is 0 Å². The Balaban J connectivity index is 3.02. The van der Waals surface area contributed by atoms with Crippen molar-refractivity contribution >= 4 is 15.7 Å². The lowest BCUT2D eigenvalue weighted by atomic mass is 10.0. The van der Waals surface area contributed by atoms with Crippen LogP contribution in [0.1, 0.15) is 31.4 Å². The molecule has 0 aliphatic rings. The second-order valence-corrected chi connectivity index (χ2v) is 6.06. The van der Waals surface area contributed by atoms with E-state index < -0.39 is 10.0 Å². The zero-order valence-electron chi connectivity index (χ0n) is 11.1. The summed E-state index contributed by atoms with van der Waals surface area (Å²) >= 11 is 0. The van der Waals surface area contributed by atoms with Crippen molar-refractivity contribution in [2.75, 3.05) is 17.0 Å². The van der Waals surface area contributed by atoms with E-state index in [9.17, 15) is 8.42 Å². The number of aryl methyl sites for hydroxylation is 2. The van der Waals surface area contributed by atoms with Crippen LogP contribution in [-0.4, -0.2) is 20.7 Å². The van der Waals surface area contributed by atoms with Crippen molar-refractivity contribution in [3.8, 4) is 0 Å². The third-order valence-corrected chi connectivity index (χ3v) is 4.21. The van der Waals surface area contributed by atoms with Crippen LogP contribution in [-0.2, 0) is 22.9 Å². The van der Waals surface area contributed by atoms with Crippen molar-refractivity contribution in [2.45, 2.75) is 33.1 Å². The van der Waals surface area contributed by atoms with Gasteiger partial charge in [0.25, 0.3) is 0 Å². The number of anilines is 1. The van der Waals surface area contributed by atoms with Crippen LogP contribution in [0.5, 0.6) is 0 Å². The van der Waals surface area contributed by atoms with Crippen LogP contribution in [0.15, 0.2) is 18.2 Å². The molecule has 0 radical (unpaired) electrons. The standard InChI is InChI=1S/C13H22N2O2S/c1-3-11-7-5-8-12(4-2)13(11)15-18(16,17)10-6-9-14/h5,7-8,15H,3-4,6,9-10,14H2,1-2H3. The quantitative estimate of drug-likeness (QED) is 0.795. The van der Waals surface area contributed by atoms with Crippen molar-refractivity contribution in [1.82, 2.24) is 0 Å². The van der Waals surface area contributed by atoms with E-state index in [-0.39, 0.29) is 5.75 Å². The maximum atomic E-state index is 11.9. The van der Waals surface area contributed by atoms with Crippen LogP contribution >= 0.6 is 0 Å². The molecule has 0 heterocycles. The summed E-state index contributed by atoms with van der Waals surface area (Å²) in [7, 11) is -3.29. The lowest BCUT2D eigenvalue weighted by molar-refractivity contribution is 0.598. The molecule has 0 fully saturated rings. The van der Waals surface area contributed by atoms with Gasteiger partial charge in [-0.05, 0) is 36.9 Å². The van der Waals surface area contributed by atoms with Gasteiger partial charge in [0.05, 0.1) is 11.4 Å². The average Bonchev–Trinajstić information content (AvgIpc) is 2.36. The van der Waals surface area contributed by atoms with Crippen molar-refractivity contribution in [3.05, 3.63) is 29.3 Å². The van der Waals surface area contributed by atoms with Gasteiger partial charge in [0.15, 0.2) is 0 Å². The Hall–Kier alpha value is -1.07. The van der Waals surface area contributed by atoms with Gasteiger partial charge in [0.2, 0.25) is 10.0 Å². The van der Waals surface area contributed by atoms with E-state index in [0.29, 0.717) is 13.0 Å². The molecule has 0 spiro atoms. The summed E-state index contributed by atoms with van der Waals surface area (Å²) in [6, 6.07) is 5.88. The van der Waals surface area contributed by atoms with Crippen LogP contribution in [0.25, 0.3) is 0 Å². The minimum atomic E-state index is -3.29. The van der Waals surface area contributed by atoms with Crippen LogP contribution in [0.3, 0.4) is 0 Å². The summed E-state index contributed by atoms with van der Waals surface area (Å²) in [4.78, 5) is 0. The maximum Gasteiger partial charge on any atom is 0.232 e. The molecule has 0 saturated carbocycles. The lowest BCUT2D eigenvalue weighted by Crippen LogP contribution is -2.20. The Morgan fingerprint density at radius 3 is 2.17 bits per heavy atom. The molecule has 102 valence electrons. The number of nitrogens with two attached hydrogens (primary N) is 1. The fourth-order valence-electron chi connectivity index (χ4n) is 1.85. The van der Waals surface area contributed by atoms with E-state index in [1.165, 1.54) is 0 Å². The maximum absolute atomic E-state index is 11.9. The number of hydrogen-bond donors (Lipinski definition) is 2. The molecule has 1 rings (SSSR count). The predicted octanol–water partition coefficient (Wildman–Crippen LogP) is 1.90. The Labute approximate surface area is 110 Å². The minimum Gasteiger partial charge on any atom is -0.330 e. The van der Waals surface area contributed by atoms with E-state index in [2.05, 4.69) is 4.72 Å². The van der Waals surface area contributed by atoms with E-state index in [0.717, 1.165) is 29.7 Å². The van der Waals surface area contributed by atoms with Gasteiger partial charge in [0, 0.05) is 0 Å². The number of benzene rings is 1. The Kier molecular flexibility index (Phi) is 5.62. The molecule has 4 nitrogen and oxygen atoms in total. The van der Waals surface area contributed by atoms with Gasteiger partial charge in [-0.15, -0.1) is 0 Å². The number of hydrogen-bond acceptors (Lipinski definition) is 3. The molecule has 1 aromatic rings. The fourth-order valence-corrected chi connectivity index (χ4v) is 3.08. The van der Waals surface area contributed by atoms with Gasteiger partial charge in [-0.2, -0.15) is 0 Å². The van der Waals surface area contributed by atoms with Gasteiger partial charge in [0.1, 0.15) is 0 Å². The first-order valence-electron chi connectivity index (χ1n) is 6.35. The number of para-hydroxylation sites is 1. The number of rotatable bonds is 7. The highest BCUT2D eigenvalue weighted by Crippen LogP contribution is 2.23. The highest BCUT2D eigenvalue weighted by atomic mass is 32.2. The molecule has 5 heteroatoms. The van der Waals surface area contributed by atoms with Gasteiger partial charge < -0.3 is 5.73 Å². The van der Waals surface area contributed by atoms with Crippen LogP contribution in [0.4, 0.5) is 5.69 Å². The van der Waals surface area contributed by atoms with Crippen molar-refractivity contribution < 1.29 is 8.42 Å². The van der Waals surface area contributed by atoms with Crippen LogP contribution < -0.4 is 10.5 Å². The smallest absolute Gasteiger partial charge is 0.232 e. The molecule has 1 aromatic carbocycles. The van der Waals surface area contributed by atoms with Gasteiger partial charge >= 0.3 is 0 Å². The summed E-state index contributed by atoms with van der Waals surface area (Å²) in [6.07, 6.45) is 2.09. The second kappa shape index (κ2) is 6.75. The normalized spacial score (nSPS) is 11.5. The summed E-state index contributed by atoms with van der Waals surface area (Å²) in [5.74, 6) is 0.0741. The van der Waals surface area contributed by atoms with Gasteiger partial charge in [-0.25, -0.2) is 8.42 Å². The molecule has 0 aromatic heterocycles. The minimum absolute atomic E-state index is 0.0741. The Morgan fingerprint density at radius 1 is 1.17 bits per heavy atom. The first kappa shape index (κ1) is 15.0. The Morgan fingerprint density at radius 2 is 1.72 bits per heavy atom. The van der Waals surface area contributed by atoms with Crippen LogP contribution in [0, 0.1) is 0 Å². The Bertz CT molecular complexity index is 462. The highest BCUT2D eigenvalue weighted by Gasteiger charge is 2.14. The molecule has 3 N–H and O–H groups in total. The number of sulfonamides is 1. The van der Waals surface area contributed by atoms with Gasteiger partial charge in [-0.1, -0.05) is 32.0 Å². The monoisotopic (exact) mass is 270 g/mol. The molecule has 0 unspecified atom stereocenters. The SMILES string of the molecule is CCc1cccc(CC)c1NS(=O)(=O)CCCN. The predicted molar refractivity (Wildman–Crippen MR) is 76.3 cm³/mol. The molecular weight excluding hydrogens is 248 g/mol. The third kappa shape index (κ3) is 3.99. The van der Waals surface area contributed by atoms with Crippen molar-refractivity contribution in [2.24, 2.45) is 5.73 Å². The molecule has 0 bridgehead atoms. The molecular formula is C13H22N2O2S. The lowest BCUT2D eigenvalue weighted by Gasteiger charge is -2.15. The van der Waals surface area contributed by atoms with E-state index >= 15 is 0 Å². The molecule has 0 amide bonds. The zero-order valence-corrected chi connectivity index (χ0v) is 11.9. The second-order valence-electron chi connectivity index (χ2n) is 4.22. The zero-order chi connectivity index (χ0) is 13.6. The molecule has 0 saturated heterocycles. The summed E-state index contributed by atoms with van der Waals surface area (Å²) in [5, 5.41) is 0. The summed E-state index contributed by atoms with van der Waals surface area (Å²) in [6.45, 7) is 4.43. The molecule has 0 aliphatic carbocycles. The van der Waals surface area contributed by atoms with Gasteiger partial charge in [-0.3, -0.25) is 4.72 Å². The molecule has 18 heavy (non-hydrogen) atoms. The summed E-state index contributed by atoms with van der Waals surface area (Å²) in [5.41, 5.74) is 8.16. The third-order valence-electron chi connectivity index (χ3n) is 2.87.